The van der Waals surface area contributed by atoms with Crippen LogP contribution in [-0.2, 0) is 4.79 Å². The zero-order chi connectivity index (χ0) is 6.41. The van der Waals surface area contributed by atoms with Gasteiger partial charge < -0.3 is 4.79 Å². The van der Waals surface area contributed by atoms with Crippen LogP contribution >= 0.6 is 0 Å². The Morgan fingerprint density at radius 3 is 2.62 bits per heavy atom. The zero-order valence-electron chi connectivity index (χ0n) is 5.55. The Hall–Kier alpha value is -0.370. The topological polar surface area (TPSA) is 20.3 Å². The van der Waals surface area contributed by atoms with Crippen LogP contribution < -0.4 is 0 Å². The maximum Gasteiger partial charge on any atom is 0.133 e. The summed E-state index contributed by atoms with van der Waals surface area (Å²) in [6, 6.07) is 0. The number of rotatable bonds is 4. The van der Waals surface area contributed by atoms with Crippen molar-refractivity contribution < 1.29 is 4.79 Å². The minimum Gasteiger partial charge on any atom is -0.302 e. The van der Waals surface area contributed by atoms with Gasteiger partial charge in [-0.1, -0.05) is 6.92 Å². The fourth-order valence-corrected chi connectivity index (χ4v) is 0.600. The molecule has 0 saturated carbocycles. The number of hydrogen-bond acceptors (Lipinski definition) is 2. The normalized spacial score (nSPS) is 9.88. The monoisotopic (exact) mass is 115 g/mol. The first-order valence-electron chi connectivity index (χ1n) is 2.93. The number of likely N-dealkylation sites (N-methyl/N-ethyl adjacent to an activating group) is 1. The predicted octanol–water partition coefficient (Wildman–Crippen LogP) is 0.527. The van der Waals surface area contributed by atoms with E-state index in [1.54, 1.807) is 0 Å². The van der Waals surface area contributed by atoms with Crippen molar-refractivity contribution in [1.82, 2.24) is 4.90 Å². The Bertz CT molecular complexity index is 63.5. The van der Waals surface area contributed by atoms with Gasteiger partial charge in [-0.3, -0.25) is 4.90 Å². The SMILES string of the molecule is CCCN(C)CC=O. The maximum atomic E-state index is 9.85. The second-order valence-electron chi connectivity index (χ2n) is 1.93. The van der Waals surface area contributed by atoms with E-state index in [1.165, 1.54) is 0 Å². The molecule has 0 aliphatic heterocycles. The fourth-order valence-electron chi connectivity index (χ4n) is 0.600. The highest BCUT2D eigenvalue weighted by Gasteiger charge is 1.90. The number of carbonyl (C=O) groups excluding carboxylic acids is 1. The Balaban J connectivity index is 3.03. The quantitative estimate of drug-likeness (QED) is 0.498. The van der Waals surface area contributed by atoms with E-state index in [2.05, 4.69) is 6.92 Å². The molecular formula is C6H13NO. The molecular weight excluding hydrogens is 102 g/mol. The molecule has 0 spiro atoms. The van der Waals surface area contributed by atoms with Crippen molar-refractivity contribution in [3.63, 3.8) is 0 Å². The van der Waals surface area contributed by atoms with Crippen LogP contribution in [0.4, 0.5) is 0 Å². The molecule has 0 unspecified atom stereocenters. The van der Waals surface area contributed by atoms with Crippen LogP contribution in [0.3, 0.4) is 0 Å². The largest absolute Gasteiger partial charge is 0.302 e. The molecule has 0 aromatic carbocycles. The standard InChI is InChI=1S/C6H13NO/c1-3-4-7(2)5-6-8/h6H,3-5H2,1-2H3. The Morgan fingerprint density at radius 2 is 2.25 bits per heavy atom. The van der Waals surface area contributed by atoms with Crippen molar-refractivity contribution in [3.8, 4) is 0 Å². The van der Waals surface area contributed by atoms with Crippen molar-refractivity contribution in [2.45, 2.75) is 13.3 Å². The third-order valence-corrected chi connectivity index (χ3v) is 0.992. The fraction of sp³-hybridized carbons (Fsp3) is 0.833. The van der Waals surface area contributed by atoms with Gasteiger partial charge in [0, 0.05) is 0 Å². The van der Waals surface area contributed by atoms with Crippen LogP contribution in [0.2, 0.25) is 0 Å². The first-order chi connectivity index (χ1) is 3.81. The number of aldehydes is 1. The van der Waals surface area contributed by atoms with Crippen molar-refractivity contribution in [2.75, 3.05) is 20.1 Å². The highest BCUT2D eigenvalue weighted by Crippen LogP contribution is 1.81. The van der Waals surface area contributed by atoms with E-state index in [9.17, 15) is 4.79 Å². The van der Waals surface area contributed by atoms with Gasteiger partial charge in [0.2, 0.25) is 0 Å². The molecule has 2 nitrogen and oxygen atoms in total. The van der Waals surface area contributed by atoms with Gasteiger partial charge in [-0.25, -0.2) is 0 Å². The lowest BCUT2D eigenvalue weighted by molar-refractivity contribution is -0.108. The zero-order valence-corrected chi connectivity index (χ0v) is 5.55. The summed E-state index contributed by atoms with van der Waals surface area (Å²) >= 11 is 0. The Morgan fingerprint density at radius 1 is 1.62 bits per heavy atom. The molecule has 0 saturated heterocycles. The molecule has 0 aliphatic carbocycles. The van der Waals surface area contributed by atoms with Gasteiger partial charge in [0.15, 0.2) is 0 Å². The van der Waals surface area contributed by atoms with Gasteiger partial charge >= 0.3 is 0 Å². The summed E-state index contributed by atoms with van der Waals surface area (Å²) in [6.07, 6.45) is 2.04. The summed E-state index contributed by atoms with van der Waals surface area (Å²) < 4.78 is 0. The Labute approximate surface area is 50.5 Å². The first kappa shape index (κ1) is 7.63. The molecule has 0 heterocycles. The van der Waals surface area contributed by atoms with E-state index >= 15 is 0 Å². The maximum absolute atomic E-state index is 9.85. The number of nitrogens with zero attached hydrogens (tertiary/aromatic N) is 1. The summed E-state index contributed by atoms with van der Waals surface area (Å²) in [5.41, 5.74) is 0. The lowest BCUT2D eigenvalue weighted by Gasteiger charge is -2.09. The van der Waals surface area contributed by atoms with Crippen molar-refractivity contribution >= 4 is 6.29 Å². The van der Waals surface area contributed by atoms with E-state index in [0.717, 1.165) is 19.3 Å². The second kappa shape index (κ2) is 4.78. The van der Waals surface area contributed by atoms with E-state index in [1.807, 2.05) is 11.9 Å². The summed E-state index contributed by atoms with van der Waals surface area (Å²) in [4.78, 5) is 11.8. The average Bonchev–Trinajstić information content (AvgIpc) is 1.68. The molecule has 0 aliphatic rings. The van der Waals surface area contributed by atoms with E-state index in [4.69, 9.17) is 0 Å². The predicted molar refractivity (Wildman–Crippen MR) is 33.9 cm³/mol. The van der Waals surface area contributed by atoms with Crippen LogP contribution in [-0.4, -0.2) is 31.3 Å². The van der Waals surface area contributed by atoms with Crippen molar-refractivity contribution in [2.24, 2.45) is 0 Å². The third-order valence-electron chi connectivity index (χ3n) is 0.992. The van der Waals surface area contributed by atoms with Gasteiger partial charge in [-0.15, -0.1) is 0 Å². The molecule has 0 N–H and O–H groups in total. The van der Waals surface area contributed by atoms with Gasteiger partial charge in [0.1, 0.15) is 6.29 Å². The lowest BCUT2D eigenvalue weighted by atomic mass is 10.4. The highest BCUT2D eigenvalue weighted by atomic mass is 16.1. The summed E-state index contributed by atoms with van der Waals surface area (Å²) in [5, 5.41) is 0. The molecule has 0 aromatic heterocycles. The molecule has 48 valence electrons. The van der Waals surface area contributed by atoms with Crippen LogP contribution in [0.1, 0.15) is 13.3 Å². The first-order valence-corrected chi connectivity index (χ1v) is 2.93. The molecule has 0 atom stereocenters. The van der Waals surface area contributed by atoms with Gasteiger partial charge in [0.05, 0.1) is 6.54 Å². The minimum absolute atomic E-state index is 0.563. The van der Waals surface area contributed by atoms with Crippen molar-refractivity contribution in [1.29, 1.82) is 0 Å². The van der Waals surface area contributed by atoms with Crippen LogP contribution in [0, 0.1) is 0 Å². The van der Waals surface area contributed by atoms with Gasteiger partial charge in [0.25, 0.3) is 0 Å². The van der Waals surface area contributed by atoms with Crippen molar-refractivity contribution in [3.05, 3.63) is 0 Å². The van der Waals surface area contributed by atoms with Crippen LogP contribution in [0.25, 0.3) is 0 Å². The second-order valence-corrected chi connectivity index (χ2v) is 1.93. The molecule has 0 amide bonds. The molecule has 0 bridgehead atoms. The highest BCUT2D eigenvalue weighted by molar-refractivity contribution is 5.51. The van der Waals surface area contributed by atoms with E-state index in [-0.39, 0.29) is 0 Å². The number of carbonyl (C=O) groups is 1. The minimum atomic E-state index is 0.563. The lowest BCUT2D eigenvalue weighted by Crippen LogP contribution is -2.20. The smallest absolute Gasteiger partial charge is 0.133 e. The average molecular weight is 115 g/mol. The van der Waals surface area contributed by atoms with E-state index in [0.29, 0.717) is 6.54 Å². The molecule has 0 aromatic rings. The molecule has 0 radical (unpaired) electrons. The molecule has 8 heavy (non-hydrogen) atoms. The van der Waals surface area contributed by atoms with E-state index < -0.39 is 0 Å². The molecule has 2 heteroatoms. The molecule has 0 fully saturated rings. The summed E-state index contributed by atoms with van der Waals surface area (Å²) in [7, 11) is 1.94. The van der Waals surface area contributed by atoms with Crippen LogP contribution in [0.15, 0.2) is 0 Å². The third kappa shape index (κ3) is 3.81. The summed E-state index contributed by atoms with van der Waals surface area (Å²) in [5.74, 6) is 0. The Kier molecular flexibility index (Phi) is 4.56. The van der Waals surface area contributed by atoms with Gasteiger partial charge in [-0.05, 0) is 20.0 Å². The van der Waals surface area contributed by atoms with Gasteiger partial charge in [-0.2, -0.15) is 0 Å². The summed E-state index contributed by atoms with van der Waals surface area (Å²) in [6.45, 7) is 3.67. The molecule has 0 rings (SSSR count). The van der Waals surface area contributed by atoms with Crippen LogP contribution in [0.5, 0.6) is 0 Å². The number of hydrogen-bond donors (Lipinski definition) is 0.